The second-order valence-corrected chi connectivity index (χ2v) is 5.48. The lowest BCUT2D eigenvalue weighted by molar-refractivity contribution is 0.240. The van der Waals surface area contributed by atoms with E-state index in [0.29, 0.717) is 0 Å². The molecule has 0 aliphatic heterocycles. The predicted octanol–water partition coefficient (Wildman–Crippen LogP) is 2.24. The Morgan fingerprint density at radius 3 is 2.36 bits per heavy atom. The molecule has 14 heavy (non-hydrogen) atoms. The van der Waals surface area contributed by atoms with Gasteiger partial charge < -0.3 is 10.6 Å². The summed E-state index contributed by atoms with van der Waals surface area (Å²) in [4.78, 5) is 2.59. The Morgan fingerprint density at radius 2 is 1.93 bits per heavy atom. The quantitative estimate of drug-likeness (QED) is 0.680. The Hall–Kier alpha value is -0.0800. The van der Waals surface area contributed by atoms with E-state index >= 15 is 0 Å². The van der Waals surface area contributed by atoms with Gasteiger partial charge in [-0.2, -0.15) is 0 Å². The first kappa shape index (κ1) is 12.0. The van der Waals surface area contributed by atoms with Gasteiger partial charge in [0.1, 0.15) is 0 Å². The van der Waals surface area contributed by atoms with Gasteiger partial charge in [0.25, 0.3) is 0 Å². The van der Waals surface area contributed by atoms with Gasteiger partial charge in [-0.05, 0) is 58.5 Å². The summed E-state index contributed by atoms with van der Waals surface area (Å²) in [6.07, 6.45) is 5.27. The molecule has 0 amide bonds. The Kier molecular flexibility index (Phi) is 4.39. The van der Waals surface area contributed by atoms with Crippen molar-refractivity contribution in [2.24, 2.45) is 11.7 Å². The summed E-state index contributed by atoms with van der Waals surface area (Å²) >= 11 is 0. The zero-order valence-electron chi connectivity index (χ0n) is 10.1. The Bertz CT molecular complexity index is 156. The summed E-state index contributed by atoms with van der Waals surface area (Å²) in [5, 5.41) is 0. The second kappa shape index (κ2) is 5.13. The number of nitrogens with two attached hydrogens (primary N) is 1. The molecule has 0 spiro atoms. The lowest BCUT2D eigenvalue weighted by Crippen LogP contribution is -2.38. The van der Waals surface area contributed by atoms with Crippen LogP contribution in [0.4, 0.5) is 0 Å². The van der Waals surface area contributed by atoms with Crippen LogP contribution in [0, 0.1) is 5.92 Å². The van der Waals surface area contributed by atoms with Gasteiger partial charge in [0.15, 0.2) is 0 Å². The molecule has 1 fully saturated rings. The van der Waals surface area contributed by atoms with Crippen LogP contribution in [0.1, 0.15) is 46.5 Å². The molecule has 1 rings (SSSR count). The maximum absolute atomic E-state index is 6.00. The zero-order valence-corrected chi connectivity index (χ0v) is 10.1. The number of nitrogens with zero attached hydrogens (tertiary/aromatic N) is 1. The van der Waals surface area contributed by atoms with Crippen molar-refractivity contribution in [3.63, 3.8) is 0 Å². The van der Waals surface area contributed by atoms with Crippen molar-refractivity contribution in [3.05, 3.63) is 0 Å². The van der Waals surface area contributed by atoms with Crippen molar-refractivity contribution in [2.45, 2.75) is 52.0 Å². The highest BCUT2D eigenvalue weighted by Crippen LogP contribution is 2.29. The van der Waals surface area contributed by atoms with Crippen LogP contribution in [0.2, 0.25) is 0 Å². The first-order valence-corrected chi connectivity index (χ1v) is 6.02. The zero-order chi connectivity index (χ0) is 10.6. The van der Waals surface area contributed by atoms with Gasteiger partial charge in [0, 0.05) is 12.1 Å². The normalized spacial score (nSPS) is 17.8. The average Bonchev–Trinajstić information content (AvgIpc) is 2.83. The molecule has 1 aliphatic rings. The van der Waals surface area contributed by atoms with Crippen LogP contribution in [0.25, 0.3) is 0 Å². The van der Waals surface area contributed by atoms with E-state index in [2.05, 4.69) is 25.7 Å². The summed E-state index contributed by atoms with van der Waals surface area (Å²) in [6.45, 7) is 10.2. The van der Waals surface area contributed by atoms with E-state index in [0.717, 1.165) is 12.3 Å². The molecule has 2 heteroatoms. The van der Waals surface area contributed by atoms with Crippen LogP contribution >= 0.6 is 0 Å². The molecule has 1 aliphatic carbocycles. The molecule has 0 aromatic rings. The molecule has 84 valence electrons. The van der Waals surface area contributed by atoms with Crippen LogP contribution in [0.5, 0.6) is 0 Å². The van der Waals surface area contributed by atoms with E-state index in [4.69, 9.17) is 5.73 Å². The Balaban J connectivity index is 2.19. The fourth-order valence-electron chi connectivity index (χ4n) is 1.72. The van der Waals surface area contributed by atoms with Gasteiger partial charge in [0.05, 0.1) is 0 Å². The monoisotopic (exact) mass is 198 g/mol. The van der Waals surface area contributed by atoms with E-state index in [1.165, 1.54) is 38.9 Å². The summed E-state index contributed by atoms with van der Waals surface area (Å²) in [5.41, 5.74) is 6.00. The SMILES string of the molecule is CCCN(CCC(C)(C)N)CC1CC1. The van der Waals surface area contributed by atoms with E-state index in [1.807, 2.05) is 0 Å². The van der Waals surface area contributed by atoms with E-state index in [1.54, 1.807) is 0 Å². The summed E-state index contributed by atoms with van der Waals surface area (Å²) < 4.78 is 0. The maximum atomic E-state index is 6.00. The molecule has 0 aromatic carbocycles. The summed E-state index contributed by atoms with van der Waals surface area (Å²) in [7, 11) is 0. The molecule has 0 bridgehead atoms. The third kappa shape index (κ3) is 5.61. The van der Waals surface area contributed by atoms with Gasteiger partial charge in [0.2, 0.25) is 0 Å². The highest BCUT2D eigenvalue weighted by Gasteiger charge is 2.24. The van der Waals surface area contributed by atoms with Crippen LogP contribution in [-0.4, -0.2) is 30.1 Å². The van der Waals surface area contributed by atoms with Gasteiger partial charge in [-0.1, -0.05) is 6.92 Å². The molecule has 2 N–H and O–H groups in total. The van der Waals surface area contributed by atoms with Crippen molar-refractivity contribution >= 4 is 0 Å². The smallest absolute Gasteiger partial charge is 0.0109 e. The number of hydrogen-bond donors (Lipinski definition) is 1. The van der Waals surface area contributed by atoms with Crippen LogP contribution in [0.3, 0.4) is 0 Å². The minimum Gasteiger partial charge on any atom is -0.326 e. The van der Waals surface area contributed by atoms with Crippen LogP contribution < -0.4 is 5.73 Å². The minimum atomic E-state index is -0.00442. The van der Waals surface area contributed by atoms with Gasteiger partial charge in [-0.3, -0.25) is 0 Å². The van der Waals surface area contributed by atoms with E-state index in [9.17, 15) is 0 Å². The van der Waals surface area contributed by atoms with Gasteiger partial charge >= 0.3 is 0 Å². The van der Waals surface area contributed by atoms with E-state index in [-0.39, 0.29) is 5.54 Å². The van der Waals surface area contributed by atoms with Crippen molar-refractivity contribution in [2.75, 3.05) is 19.6 Å². The van der Waals surface area contributed by atoms with Crippen LogP contribution in [-0.2, 0) is 0 Å². The highest BCUT2D eigenvalue weighted by atomic mass is 15.1. The van der Waals surface area contributed by atoms with E-state index < -0.39 is 0 Å². The average molecular weight is 198 g/mol. The molecule has 1 saturated carbocycles. The standard InChI is InChI=1S/C12H26N2/c1-4-8-14(10-11-5-6-11)9-7-12(2,3)13/h11H,4-10,13H2,1-3H3. The summed E-state index contributed by atoms with van der Waals surface area (Å²) in [5.74, 6) is 1.00. The summed E-state index contributed by atoms with van der Waals surface area (Å²) in [6, 6.07) is 0. The highest BCUT2D eigenvalue weighted by molar-refractivity contribution is 4.79. The molecule has 2 nitrogen and oxygen atoms in total. The number of rotatable bonds is 7. The van der Waals surface area contributed by atoms with Crippen molar-refractivity contribution < 1.29 is 0 Å². The maximum Gasteiger partial charge on any atom is 0.0109 e. The molecular weight excluding hydrogens is 172 g/mol. The first-order chi connectivity index (χ1) is 6.51. The topological polar surface area (TPSA) is 29.3 Å². The molecule has 0 saturated heterocycles. The fraction of sp³-hybridized carbons (Fsp3) is 1.00. The molecule has 0 aromatic heterocycles. The molecular formula is C12H26N2. The Morgan fingerprint density at radius 1 is 1.29 bits per heavy atom. The minimum absolute atomic E-state index is 0.00442. The second-order valence-electron chi connectivity index (χ2n) is 5.48. The lowest BCUT2D eigenvalue weighted by Gasteiger charge is -2.26. The first-order valence-electron chi connectivity index (χ1n) is 6.02. The molecule has 0 atom stereocenters. The van der Waals surface area contributed by atoms with Crippen molar-refractivity contribution in [1.82, 2.24) is 4.90 Å². The third-order valence-corrected chi connectivity index (χ3v) is 2.83. The Labute approximate surface area is 88.8 Å². The predicted molar refractivity (Wildman–Crippen MR) is 62.3 cm³/mol. The van der Waals surface area contributed by atoms with Gasteiger partial charge in [-0.25, -0.2) is 0 Å². The lowest BCUT2D eigenvalue weighted by atomic mass is 10.0. The molecule has 0 unspecified atom stereocenters. The number of hydrogen-bond acceptors (Lipinski definition) is 2. The van der Waals surface area contributed by atoms with Crippen molar-refractivity contribution in [1.29, 1.82) is 0 Å². The molecule has 0 radical (unpaired) electrons. The van der Waals surface area contributed by atoms with Crippen LogP contribution in [0.15, 0.2) is 0 Å². The van der Waals surface area contributed by atoms with Crippen molar-refractivity contribution in [3.8, 4) is 0 Å². The largest absolute Gasteiger partial charge is 0.326 e. The van der Waals surface area contributed by atoms with Gasteiger partial charge in [-0.15, -0.1) is 0 Å². The third-order valence-electron chi connectivity index (χ3n) is 2.83. The molecule has 0 heterocycles. The fourth-order valence-corrected chi connectivity index (χ4v) is 1.72.